The fraction of sp³-hybridized carbons (Fsp3) is 0.333. The maximum absolute atomic E-state index is 9.03. The van der Waals surface area contributed by atoms with Crippen LogP contribution in [-0.2, 0) is 0 Å². The van der Waals surface area contributed by atoms with Crippen LogP contribution in [0.1, 0.15) is 36.7 Å². The molecule has 2 aromatic heterocycles. The van der Waals surface area contributed by atoms with Gasteiger partial charge in [-0.3, -0.25) is 0 Å². The lowest BCUT2D eigenvalue weighted by Gasteiger charge is -2.23. The highest BCUT2D eigenvalue weighted by Crippen LogP contribution is 2.36. The van der Waals surface area contributed by atoms with E-state index in [0.717, 1.165) is 11.3 Å². The van der Waals surface area contributed by atoms with Crippen LogP contribution in [-0.4, -0.2) is 9.38 Å². The molecule has 1 aliphatic rings. The molecule has 0 atom stereocenters. The zero-order chi connectivity index (χ0) is 11.1. The first kappa shape index (κ1) is 9.22. The number of hydrogen-bond acceptors (Lipinski definition) is 3. The molecule has 1 saturated carbocycles. The normalized spacial score (nSPS) is 15.9. The average Bonchev–Trinajstić information content (AvgIpc) is 2.54. The van der Waals surface area contributed by atoms with E-state index in [1.165, 1.54) is 19.3 Å². The minimum Gasteiger partial charge on any atom is -0.398 e. The summed E-state index contributed by atoms with van der Waals surface area (Å²) in [4.78, 5) is 4.42. The van der Waals surface area contributed by atoms with Crippen LogP contribution >= 0.6 is 0 Å². The number of aromatic nitrogens is 2. The van der Waals surface area contributed by atoms with Gasteiger partial charge >= 0.3 is 0 Å². The smallest absolute Gasteiger partial charge is 0.166 e. The van der Waals surface area contributed by atoms with Gasteiger partial charge in [-0.15, -0.1) is 0 Å². The third kappa shape index (κ3) is 1.18. The zero-order valence-corrected chi connectivity index (χ0v) is 8.85. The Balaban J connectivity index is 2.27. The molecule has 0 spiro atoms. The van der Waals surface area contributed by atoms with E-state index >= 15 is 0 Å². The van der Waals surface area contributed by atoms with Crippen molar-refractivity contribution in [3.05, 3.63) is 29.8 Å². The lowest BCUT2D eigenvalue weighted by Crippen LogP contribution is -2.12. The Morgan fingerprint density at radius 1 is 1.44 bits per heavy atom. The second kappa shape index (κ2) is 3.24. The van der Waals surface area contributed by atoms with E-state index in [2.05, 4.69) is 11.1 Å². The second-order valence-corrected chi connectivity index (χ2v) is 4.28. The van der Waals surface area contributed by atoms with E-state index in [4.69, 9.17) is 11.0 Å². The van der Waals surface area contributed by atoms with E-state index in [9.17, 15) is 0 Å². The first-order valence-electron chi connectivity index (χ1n) is 5.47. The molecule has 16 heavy (non-hydrogen) atoms. The van der Waals surface area contributed by atoms with Crippen molar-refractivity contribution < 1.29 is 0 Å². The summed E-state index contributed by atoms with van der Waals surface area (Å²) in [6.45, 7) is 0. The summed E-state index contributed by atoms with van der Waals surface area (Å²) in [7, 11) is 0. The third-order valence-electron chi connectivity index (χ3n) is 3.26. The van der Waals surface area contributed by atoms with Crippen LogP contribution in [0.4, 0.5) is 5.69 Å². The minimum atomic E-state index is 0.497. The highest BCUT2D eigenvalue weighted by Gasteiger charge is 2.25. The number of hydrogen-bond donors (Lipinski definition) is 1. The number of anilines is 1. The van der Waals surface area contributed by atoms with Crippen molar-refractivity contribution >= 4 is 11.2 Å². The number of nitriles is 1. The first-order valence-corrected chi connectivity index (χ1v) is 5.47. The van der Waals surface area contributed by atoms with Gasteiger partial charge in [-0.25, -0.2) is 4.98 Å². The standard InChI is InChI=1S/C12H12N4/c13-6-10-11-5-4-9(14)7-16(11)12(15-10)8-2-1-3-8/h4-5,7-8H,1-3,14H2. The fourth-order valence-electron chi connectivity index (χ4n) is 2.16. The summed E-state index contributed by atoms with van der Waals surface area (Å²) in [6.07, 6.45) is 5.44. The number of imidazole rings is 1. The van der Waals surface area contributed by atoms with Crippen molar-refractivity contribution in [2.75, 3.05) is 5.73 Å². The van der Waals surface area contributed by atoms with Crippen LogP contribution in [0.2, 0.25) is 0 Å². The number of nitrogen functional groups attached to an aromatic ring is 1. The zero-order valence-electron chi connectivity index (χ0n) is 8.85. The minimum absolute atomic E-state index is 0.497. The molecule has 1 fully saturated rings. The summed E-state index contributed by atoms with van der Waals surface area (Å²) in [6, 6.07) is 5.81. The molecule has 0 bridgehead atoms. The molecule has 2 N–H and O–H groups in total. The quantitative estimate of drug-likeness (QED) is 0.786. The first-order chi connectivity index (χ1) is 7.79. The van der Waals surface area contributed by atoms with E-state index in [1.54, 1.807) is 0 Å². The summed E-state index contributed by atoms with van der Waals surface area (Å²) in [5.74, 6) is 1.49. The second-order valence-electron chi connectivity index (χ2n) is 4.28. The summed E-state index contributed by atoms with van der Waals surface area (Å²) in [5.41, 5.74) is 7.84. The van der Waals surface area contributed by atoms with Crippen molar-refractivity contribution in [2.24, 2.45) is 0 Å². The van der Waals surface area contributed by atoms with Gasteiger partial charge in [0.2, 0.25) is 0 Å². The van der Waals surface area contributed by atoms with E-state index in [1.807, 2.05) is 22.7 Å². The van der Waals surface area contributed by atoms with Crippen LogP contribution in [0.25, 0.3) is 5.52 Å². The number of nitrogens with zero attached hydrogens (tertiary/aromatic N) is 3. The van der Waals surface area contributed by atoms with E-state index in [0.29, 0.717) is 17.3 Å². The molecule has 0 amide bonds. The largest absolute Gasteiger partial charge is 0.398 e. The average molecular weight is 212 g/mol. The van der Waals surface area contributed by atoms with E-state index < -0.39 is 0 Å². The maximum atomic E-state index is 9.03. The number of pyridine rings is 1. The molecular weight excluding hydrogens is 200 g/mol. The number of fused-ring (bicyclic) bond motifs is 1. The molecular formula is C12H12N4. The predicted molar refractivity (Wildman–Crippen MR) is 60.9 cm³/mol. The molecule has 0 unspecified atom stereocenters. The Hall–Kier alpha value is -2.02. The maximum Gasteiger partial charge on any atom is 0.166 e. The van der Waals surface area contributed by atoms with Crippen molar-refractivity contribution in [1.29, 1.82) is 5.26 Å². The highest BCUT2D eigenvalue weighted by molar-refractivity contribution is 5.61. The Labute approximate surface area is 93.3 Å². The van der Waals surface area contributed by atoms with Gasteiger partial charge in [-0.2, -0.15) is 5.26 Å². The Bertz CT molecular complexity index is 587. The van der Waals surface area contributed by atoms with Gasteiger partial charge in [0.05, 0.1) is 5.52 Å². The molecule has 3 rings (SSSR count). The Morgan fingerprint density at radius 3 is 2.88 bits per heavy atom. The van der Waals surface area contributed by atoms with Crippen molar-refractivity contribution in [3.8, 4) is 6.07 Å². The molecule has 2 heterocycles. The number of nitrogens with two attached hydrogens (primary N) is 1. The fourth-order valence-corrected chi connectivity index (χ4v) is 2.16. The van der Waals surface area contributed by atoms with Crippen LogP contribution in [0, 0.1) is 11.3 Å². The van der Waals surface area contributed by atoms with Gasteiger partial charge in [-0.1, -0.05) is 6.42 Å². The molecule has 0 aliphatic heterocycles. The van der Waals surface area contributed by atoms with Gasteiger partial charge in [0.25, 0.3) is 0 Å². The van der Waals surface area contributed by atoms with Gasteiger partial charge in [-0.05, 0) is 25.0 Å². The molecule has 4 nitrogen and oxygen atoms in total. The lowest BCUT2D eigenvalue weighted by molar-refractivity contribution is 0.400. The molecule has 80 valence electrons. The highest BCUT2D eigenvalue weighted by atomic mass is 15.0. The monoisotopic (exact) mass is 212 g/mol. The van der Waals surface area contributed by atoms with Crippen LogP contribution in [0.5, 0.6) is 0 Å². The molecule has 0 saturated heterocycles. The summed E-state index contributed by atoms with van der Waals surface area (Å²) in [5, 5.41) is 9.03. The molecule has 0 aromatic carbocycles. The summed E-state index contributed by atoms with van der Waals surface area (Å²) >= 11 is 0. The summed E-state index contributed by atoms with van der Waals surface area (Å²) < 4.78 is 1.97. The molecule has 0 radical (unpaired) electrons. The van der Waals surface area contributed by atoms with Crippen LogP contribution in [0.3, 0.4) is 0 Å². The van der Waals surface area contributed by atoms with Gasteiger partial charge in [0, 0.05) is 17.8 Å². The van der Waals surface area contributed by atoms with Crippen molar-refractivity contribution in [3.63, 3.8) is 0 Å². The Kier molecular flexibility index (Phi) is 1.87. The Morgan fingerprint density at radius 2 is 2.25 bits per heavy atom. The molecule has 1 aliphatic carbocycles. The van der Waals surface area contributed by atoms with Crippen molar-refractivity contribution in [2.45, 2.75) is 25.2 Å². The third-order valence-corrected chi connectivity index (χ3v) is 3.26. The van der Waals surface area contributed by atoms with E-state index in [-0.39, 0.29) is 0 Å². The number of rotatable bonds is 1. The predicted octanol–water partition coefficient (Wildman–Crippen LogP) is 2.06. The topological polar surface area (TPSA) is 67.1 Å². The van der Waals surface area contributed by atoms with Crippen molar-refractivity contribution in [1.82, 2.24) is 9.38 Å². The van der Waals surface area contributed by atoms with Gasteiger partial charge in [0.15, 0.2) is 5.69 Å². The van der Waals surface area contributed by atoms with Gasteiger partial charge in [0.1, 0.15) is 11.9 Å². The van der Waals surface area contributed by atoms with Gasteiger partial charge < -0.3 is 10.1 Å². The van der Waals surface area contributed by atoms with Crippen LogP contribution in [0.15, 0.2) is 18.3 Å². The lowest BCUT2D eigenvalue weighted by atomic mass is 9.85. The molecule has 4 heteroatoms. The molecule has 2 aromatic rings. The SMILES string of the molecule is N#Cc1nc(C2CCC2)n2cc(N)ccc12. The van der Waals surface area contributed by atoms with Crippen LogP contribution < -0.4 is 5.73 Å².